The third-order valence-corrected chi connectivity index (χ3v) is 3.87. The first-order valence-electron chi connectivity index (χ1n) is 6.46. The average molecular weight is 332 g/mol. The lowest BCUT2D eigenvalue weighted by Crippen LogP contribution is -2.13. The summed E-state index contributed by atoms with van der Waals surface area (Å²) in [5.74, 6) is -0.396. The number of amides is 1. The van der Waals surface area contributed by atoms with Gasteiger partial charge in [0.25, 0.3) is 5.91 Å². The van der Waals surface area contributed by atoms with Crippen LogP contribution >= 0.6 is 23.2 Å². The number of aromatic nitrogens is 1. The number of nitrogens with one attached hydrogen (secondary N) is 1. The first-order valence-corrected chi connectivity index (χ1v) is 7.22. The van der Waals surface area contributed by atoms with Crippen LogP contribution in [0.15, 0.2) is 48.7 Å². The fourth-order valence-electron chi connectivity index (χ4n) is 2.20. The smallest absolute Gasteiger partial charge is 0.258 e. The Labute approximate surface area is 136 Å². The molecule has 0 aliphatic heterocycles. The molecule has 22 heavy (non-hydrogen) atoms. The fourth-order valence-corrected chi connectivity index (χ4v) is 2.77. The van der Waals surface area contributed by atoms with Crippen molar-refractivity contribution in [1.82, 2.24) is 4.98 Å². The highest BCUT2D eigenvalue weighted by Crippen LogP contribution is 2.28. The second-order valence-corrected chi connectivity index (χ2v) is 5.47. The average Bonchev–Trinajstić information content (AvgIpc) is 2.48. The minimum Gasteiger partial charge on any atom is -0.398 e. The number of nitrogens with zero attached hydrogens (tertiary/aromatic N) is 1. The highest BCUT2D eigenvalue weighted by atomic mass is 35.5. The summed E-state index contributed by atoms with van der Waals surface area (Å²) >= 11 is 12.1. The first kappa shape index (κ1) is 14.6. The molecule has 2 aromatic carbocycles. The quantitative estimate of drug-likeness (QED) is 0.732. The molecule has 6 heteroatoms. The fraction of sp³-hybridized carbons (Fsp3) is 0. The highest BCUT2D eigenvalue weighted by Gasteiger charge is 2.16. The van der Waals surface area contributed by atoms with Crippen LogP contribution in [0.4, 0.5) is 11.4 Å². The highest BCUT2D eigenvalue weighted by molar-refractivity contribution is 6.40. The SMILES string of the molecule is Nc1ccnc2c(NC(=O)c3c(Cl)cccc3Cl)cccc12. The summed E-state index contributed by atoms with van der Waals surface area (Å²) in [5, 5.41) is 4.13. The zero-order chi connectivity index (χ0) is 15.7. The van der Waals surface area contributed by atoms with E-state index in [9.17, 15) is 4.79 Å². The first-order chi connectivity index (χ1) is 10.6. The van der Waals surface area contributed by atoms with Crippen LogP contribution in [0, 0.1) is 0 Å². The Morgan fingerprint density at radius 3 is 2.45 bits per heavy atom. The van der Waals surface area contributed by atoms with E-state index in [-0.39, 0.29) is 15.6 Å². The molecular weight excluding hydrogens is 321 g/mol. The van der Waals surface area contributed by atoms with Gasteiger partial charge >= 0.3 is 0 Å². The van der Waals surface area contributed by atoms with Crippen LogP contribution in [0.2, 0.25) is 10.0 Å². The van der Waals surface area contributed by atoms with Crippen LogP contribution in [0.25, 0.3) is 10.9 Å². The van der Waals surface area contributed by atoms with Crippen molar-refractivity contribution in [3.8, 4) is 0 Å². The molecule has 1 aromatic heterocycles. The van der Waals surface area contributed by atoms with Gasteiger partial charge in [-0.25, -0.2) is 0 Å². The number of para-hydroxylation sites is 1. The van der Waals surface area contributed by atoms with Gasteiger partial charge in [0.1, 0.15) is 0 Å². The van der Waals surface area contributed by atoms with Crippen LogP contribution in [0.5, 0.6) is 0 Å². The van der Waals surface area contributed by atoms with Gasteiger partial charge in [0, 0.05) is 17.3 Å². The van der Waals surface area contributed by atoms with E-state index in [0.29, 0.717) is 16.9 Å². The number of benzene rings is 2. The molecule has 0 bridgehead atoms. The van der Waals surface area contributed by atoms with Gasteiger partial charge in [-0.05, 0) is 24.3 Å². The van der Waals surface area contributed by atoms with Gasteiger partial charge in [0.2, 0.25) is 0 Å². The van der Waals surface area contributed by atoms with Crippen LogP contribution < -0.4 is 11.1 Å². The topological polar surface area (TPSA) is 68.0 Å². The van der Waals surface area contributed by atoms with Crippen molar-refractivity contribution in [3.05, 3.63) is 64.3 Å². The molecule has 110 valence electrons. The normalized spacial score (nSPS) is 10.6. The van der Waals surface area contributed by atoms with E-state index in [1.165, 1.54) is 0 Å². The maximum atomic E-state index is 12.4. The molecule has 0 atom stereocenters. The van der Waals surface area contributed by atoms with Crippen LogP contribution in [-0.4, -0.2) is 10.9 Å². The van der Waals surface area contributed by atoms with Gasteiger partial charge in [-0.1, -0.05) is 41.4 Å². The summed E-state index contributed by atoms with van der Waals surface area (Å²) in [7, 11) is 0. The summed E-state index contributed by atoms with van der Waals surface area (Å²) in [6.45, 7) is 0. The number of anilines is 2. The van der Waals surface area contributed by atoms with Crippen molar-refractivity contribution in [3.63, 3.8) is 0 Å². The molecule has 0 fully saturated rings. The molecule has 3 rings (SSSR count). The van der Waals surface area contributed by atoms with E-state index >= 15 is 0 Å². The Kier molecular flexibility index (Phi) is 3.88. The molecule has 1 amide bonds. The lowest BCUT2D eigenvalue weighted by Gasteiger charge is -2.11. The van der Waals surface area contributed by atoms with Gasteiger partial charge in [0.15, 0.2) is 0 Å². The number of pyridine rings is 1. The van der Waals surface area contributed by atoms with E-state index in [1.807, 2.05) is 6.07 Å². The molecule has 0 radical (unpaired) electrons. The predicted molar refractivity (Wildman–Crippen MR) is 90.6 cm³/mol. The van der Waals surface area contributed by atoms with Crippen LogP contribution in [-0.2, 0) is 0 Å². The Bertz CT molecular complexity index is 860. The number of nitrogen functional groups attached to an aromatic ring is 1. The summed E-state index contributed by atoms with van der Waals surface area (Å²) < 4.78 is 0. The lowest BCUT2D eigenvalue weighted by atomic mass is 10.1. The third-order valence-electron chi connectivity index (χ3n) is 3.24. The second kappa shape index (κ2) is 5.83. The summed E-state index contributed by atoms with van der Waals surface area (Å²) in [6, 6.07) is 12.0. The molecule has 4 nitrogen and oxygen atoms in total. The maximum absolute atomic E-state index is 12.4. The third kappa shape index (κ3) is 2.58. The number of nitrogens with two attached hydrogens (primary N) is 1. The standard InChI is InChI=1S/C16H11Cl2N3O/c17-10-4-2-5-11(18)14(10)16(22)21-13-6-1-3-9-12(19)7-8-20-15(9)13/h1-8H,(H2,19,20)(H,21,22). The molecule has 0 unspecified atom stereocenters. The Balaban J connectivity index is 2.04. The second-order valence-electron chi connectivity index (χ2n) is 4.65. The van der Waals surface area contributed by atoms with Gasteiger partial charge < -0.3 is 11.1 Å². The van der Waals surface area contributed by atoms with E-state index < -0.39 is 5.91 Å². The molecule has 0 saturated carbocycles. The zero-order valence-electron chi connectivity index (χ0n) is 11.3. The number of fused-ring (bicyclic) bond motifs is 1. The number of halogens is 2. The van der Waals surface area contributed by atoms with E-state index in [2.05, 4.69) is 10.3 Å². The molecule has 3 aromatic rings. The van der Waals surface area contributed by atoms with Gasteiger partial charge in [-0.2, -0.15) is 0 Å². The van der Waals surface area contributed by atoms with Crippen molar-refractivity contribution >= 4 is 51.4 Å². The maximum Gasteiger partial charge on any atom is 0.258 e. The summed E-state index contributed by atoms with van der Waals surface area (Å²) in [4.78, 5) is 16.7. The van der Waals surface area contributed by atoms with E-state index in [4.69, 9.17) is 28.9 Å². The van der Waals surface area contributed by atoms with Crippen molar-refractivity contribution in [2.24, 2.45) is 0 Å². The lowest BCUT2D eigenvalue weighted by molar-refractivity contribution is 0.102. The van der Waals surface area contributed by atoms with Gasteiger partial charge in [-0.3, -0.25) is 9.78 Å². The van der Waals surface area contributed by atoms with E-state index in [1.54, 1.807) is 42.6 Å². The minimum atomic E-state index is -0.396. The molecule has 0 saturated heterocycles. The number of hydrogen-bond donors (Lipinski definition) is 2. The van der Waals surface area contributed by atoms with Crippen molar-refractivity contribution in [2.75, 3.05) is 11.1 Å². The number of hydrogen-bond acceptors (Lipinski definition) is 3. The molecule has 1 heterocycles. The monoisotopic (exact) mass is 331 g/mol. The minimum absolute atomic E-state index is 0.228. The molecule has 0 aliphatic rings. The molecule has 3 N–H and O–H groups in total. The summed E-state index contributed by atoms with van der Waals surface area (Å²) in [5.41, 5.74) is 7.90. The van der Waals surface area contributed by atoms with Crippen molar-refractivity contribution < 1.29 is 4.79 Å². The van der Waals surface area contributed by atoms with Crippen LogP contribution in [0.3, 0.4) is 0 Å². The van der Waals surface area contributed by atoms with Crippen molar-refractivity contribution in [1.29, 1.82) is 0 Å². The van der Waals surface area contributed by atoms with Crippen LogP contribution in [0.1, 0.15) is 10.4 Å². The number of rotatable bonds is 2. The van der Waals surface area contributed by atoms with Crippen molar-refractivity contribution in [2.45, 2.75) is 0 Å². The Morgan fingerprint density at radius 2 is 1.73 bits per heavy atom. The zero-order valence-corrected chi connectivity index (χ0v) is 12.8. The molecule has 0 aliphatic carbocycles. The number of carbonyl (C=O) groups excluding carboxylic acids is 1. The van der Waals surface area contributed by atoms with Gasteiger partial charge in [-0.15, -0.1) is 0 Å². The Morgan fingerprint density at radius 1 is 1.05 bits per heavy atom. The number of carbonyl (C=O) groups is 1. The molecule has 0 spiro atoms. The predicted octanol–water partition coefficient (Wildman–Crippen LogP) is 4.38. The van der Waals surface area contributed by atoms with Gasteiger partial charge in [0.05, 0.1) is 26.8 Å². The van der Waals surface area contributed by atoms with E-state index in [0.717, 1.165) is 5.39 Å². The Hall–Kier alpha value is -2.30. The largest absolute Gasteiger partial charge is 0.398 e. The molecular formula is C16H11Cl2N3O. The summed E-state index contributed by atoms with van der Waals surface area (Å²) in [6.07, 6.45) is 1.59.